The summed E-state index contributed by atoms with van der Waals surface area (Å²) >= 11 is 0. The van der Waals surface area contributed by atoms with Gasteiger partial charge in [-0.2, -0.15) is 4.98 Å². The summed E-state index contributed by atoms with van der Waals surface area (Å²) in [5, 5.41) is 6.60. The predicted molar refractivity (Wildman–Crippen MR) is 108 cm³/mol. The fraction of sp³-hybridized carbons (Fsp3) is 0.273. The standard InChI is InChI=1S/C22H21FN4O3/c1-11(2)21-26-19-17(14-5-7-16(23)8-6-14)9-15(10-18(19)29-21)20(28)24-12(3)22-25-13(4)27-30-22/h5-12H,1-4H3,(H,24,28). The third-order valence-electron chi connectivity index (χ3n) is 4.68. The minimum Gasteiger partial charge on any atom is -0.440 e. The molecule has 2 aromatic heterocycles. The van der Waals surface area contributed by atoms with Crippen LogP contribution < -0.4 is 5.32 Å². The zero-order chi connectivity index (χ0) is 21.4. The van der Waals surface area contributed by atoms with E-state index in [1.807, 2.05) is 13.8 Å². The minimum absolute atomic E-state index is 0.0801. The van der Waals surface area contributed by atoms with Crippen LogP contribution >= 0.6 is 0 Å². The van der Waals surface area contributed by atoms with Crippen molar-refractivity contribution in [2.75, 3.05) is 0 Å². The molecule has 0 radical (unpaired) electrons. The number of aromatic nitrogens is 3. The van der Waals surface area contributed by atoms with Gasteiger partial charge in [0.1, 0.15) is 17.4 Å². The normalized spacial score (nSPS) is 12.5. The molecule has 0 aliphatic rings. The molecule has 0 bridgehead atoms. The molecule has 1 N–H and O–H groups in total. The smallest absolute Gasteiger partial charge is 0.252 e. The fourth-order valence-corrected chi connectivity index (χ4v) is 3.10. The van der Waals surface area contributed by atoms with Gasteiger partial charge in [0, 0.05) is 17.0 Å². The lowest BCUT2D eigenvalue weighted by Crippen LogP contribution is -2.26. The lowest BCUT2D eigenvalue weighted by Gasteiger charge is -2.11. The van der Waals surface area contributed by atoms with Crippen molar-refractivity contribution in [3.05, 3.63) is 65.4 Å². The van der Waals surface area contributed by atoms with Gasteiger partial charge in [-0.1, -0.05) is 31.1 Å². The van der Waals surface area contributed by atoms with Gasteiger partial charge in [0.25, 0.3) is 5.91 Å². The Morgan fingerprint density at radius 3 is 2.43 bits per heavy atom. The van der Waals surface area contributed by atoms with Crippen molar-refractivity contribution in [1.29, 1.82) is 0 Å². The number of fused-ring (bicyclic) bond motifs is 1. The summed E-state index contributed by atoms with van der Waals surface area (Å²) < 4.78 is 24.4. The second-order valence-electron chi connectivity index (χ2n) is 7.46. The molecule has 1 unspecified atom stereocenters. The first-order valence-electron chi connectivity index (χ1n) is 9.63. The van der Waals surface area contributed by atoms with Gasteiger partial charge in [0.15, 0.2) is 17.3 Å². The molecule has 0 aliphatic heterocycles. The Labute approximate surface area is 172 Å². The van der Waals surface area contributed by atoms with Crippen molar-refractivity contribution in [2.45, 2.75) is 39.7 Å². The summed E-state index contributed by atoms with van der Waals surface area (Å²) in [6, 6.07) is 8.96. The van der Waals surface area contributed by atoms with Crippen molar-refractivity contribution in [2.24, 2.45) is 0 Å². The monoisotopic (exact) mass is 408 g/mol. The Kier molecular flexibility index (Phi) is 5.07. The zero-order valence-corrected chi connectivity index (χ0v) is 17.1. The molecule has 0 saturated carbocycles. The van der Waals surface area contributed by atoms with Crippen LogP contribution in [-0.2, 0) is 0 Å². The Morgan fingerprint density at radius 2 is 1.80 bits per heavy atom. The molecule has 2 aromatic carbocycles. The number of halogens is 1. The molecular weight excluding hydrogens is 387 g/mol. The van der Waals surface area contributed by atoms with E-state index in [-0.39, 0.29) is 17.6 Å². The zero-order valence-electron chi connectivity index (χ0n) is 17.1. The second-order valence-corrected chi connectivity index (χ2v) is 7.46. The van der Waals surface area contributed by atoms with Gasteiger partial charge in [-0.3, -0.25) is 4.79 Å². The van der Waals surface area contributed by atoms with E-state index in [0.717, 1.165) is 5.56 Å². The number of nitrogens with zero attached hydrogens (tertiary/aromatic N) is 3. The van der Waals surface area contributed by atoms with Gasteiger partial charge in [0.05, 0.1) is 0 Å². The van der Waals surface area contributed by atoms with Crippen molar-refractivity contribution >= 4 is 17.0 Å². The van der Waals surface area contributed by atoms with E-state index in [4.69, 9.17) is 8.94 Å². The number of carbonyl (C=O) groups excluding carboxylic acids is 1. The highest BCUT2D eigenvalue weighted by molar-refractivity contribution is 6.02. The summed E-state index contributed by atoms with van der Waals surface area (Å²) in [5.41, 5.74) is 2.93. The van der Waals surface area contributed by atoms with E-state index in [2.05, 4.69) is 20.4 Å². The number of nitrogens with one attached hydrogen (secondary N) is 1. The molecule has 0 fully saturated rings. The average molecular weight is 408 g/mol. The fourth-order valence-electron chi connectivity index (χ4n) is 3.10. The molecule has 0 spiro atoms. The van der Waals surface area contributed by atoms with Crippen LogP contribution in [0.2, 0.25) is 0 Å². The van der Waals surface area contributed by atoms with Crippen molar-refractivity contribution in [1.82, 2.24) is 20.4 Å². The highest BCUT2D eigenvalue weighted by atomic mass is 19.1. The Bertz CT molecular complexity index is 1210. The van der Waals surface area contributed by atoms with Crippen LogP contribution in [0, 0.1) is 12.7 Å². The van der Waals surface area contributed by atoms with E-state index in [1.54, 1.807) is 38.1 Å². The van der Waals surface area contributed by atoms with Gasteiger partial charge < -0.3 is 14.3 Å². The van der Waals surface area contributed by atoms with Crippen LogP contribution in [0.4, 0.5) is 4.39 Å². The Balaban J connectivity index is 1.76. The maximum Gasteiger partial charge on any atom is 0.252 e. The summed E-state index contributed by atoms with van der Waals surface area (Å²) in [7, 11) is 0. The maximum atomic E-state index is 13.4. The van der Waals surface area contributed by atoms with Crippen LogP contribution in [0.3, 0.4) is 0 Å². The molecule has 154 valence electrons. The lowest BCUT2D eigenvalue weighted by molar-refractivity contribution is 0.0932. The van der Waals surface area contributed by atoms with Gasteiger partial charge in [-0.15, -0.1) is 0 Å². The highest BCUT2D eigenvalue weighted by Crippen LogP contribution is 2.32. The van der Waals surface area contributed by atoms with Gasteiger partial charge in [0.2, 0.25) is 5.89 Å². The summed E-state index contributed by atoms with van der Waals surface area (Å²) in [6.07, 6.45) is 0. The molecule has 0 aliphatic carbocycles. The minimum atomic E-state index is -0.468. The largest absolute Gasteiger partial charge is 0.440 e. The maximum absolute atomic E-state index is 13.4. The number of rotatable bonds is 5. The van der Waals surface area contributed by atoms with E-state index in [9.17, 15) is 9.18 Å². The van der Waals surface area contributed by atoms with Gasteiger partial charge in [-0.25, -0.2) is 9.37 Å². The molecule has 1 atom stereocenters. The third-order valence-corrected chi connectivity index (χ3v) is 4.68. The number of hydrogen-bond acceptors (Lipinski definition) is 6. The second kappa shape index (κ2) is 7.70. The quantitative estimate of drug-likeness (QED) is 0.503. The first-order chi connectivity index (χ1) is 14.3. The van der Waals surface area contributed by atoms with E-state index in [1.165, 1.54) is 12.1 Å². The van der Waals surface area contributed by atoms with Crippen LogP contribution in [0.1, 0.15) is 60.7 Å². The molecule has 4 rings (SSSR count). The van der Waals surface area contributed by atoms with E-state index < -0.39 is 6.04 Å². The van der Waals surface area contributed by atoms with Crippen molar-refractivity contribution in [3.8, 4) is 11.1 Å². The van der Waals surface area contributed by atoms with Crippen molar-refractivity contribution < 1.29 is 18.1 Å². The number of oxazole rings is 1. The molecule has 4 aromatic rings. The third kappa shape index (κ3) is 3.80. The summed E-state index contributed by atoms with van der Waals surface area (Å²) in [5.74, 6) is 0.801. The molecule has 30 heavy (non-hydrogen) atoms. The lowest BCUT2D eigenvalue weighted by atomic mass is 10.0. The predicted octanol–water partition coefficient (Wildman–Crippen LogP) is 4.94. The Morgan fingerprint density at radius 1 is 1.07 bits per heavy atom. The molecule has 1 amide bonds. The molecule has 7 nitrogen and oxygen atoms in total. The summed E-state index contributed by atoms with van der Waals surface area (Å²) in [6.45, 7) is 7.42. The molecule has 8 heteroatoms. The first-order valence-corrected chi connectivity index (χ1v) is 9.63. The molecular formula is C22H21FN4O3. The Hall–Kier alpha value is -3.55. The molecule has 0 saturated heterocycles. The number of amides is 1. The van der Waals surface area contributed by atoms with Crippen LogP contribution in [0.15, 0.2) is 45.3 Å². The van der Waals surface area contributed by atoms with Crippen molar-refractivity contribution in [3.63, 3.8) is 0 Å². The SMILES string of the molecule is Cc1noc(C(C)NC(=O)c2cc(-c3ccc(F)cc3)c3nc(C(C)C)oc3c2)n1. The highest BCUT2D eigenvalue weighted by Gasteiger charge is 2.21. The number of benzene rings is 2. The number of aryl methyl sites for hydroxylation is 1. The van der Waals surface area contributed by atoms with Crippen LogP contribution in [0.5, 0.6) is 0 Å². The average Bonchev–Trinajstić information content (AvgIpc) is 3.34. The van der Waals surface area contributed by atoms with E-state index >= 15 is 0 Å². The van der Waals surface area contributed by atoms with Gasteiger partial charge in [-0.05, 0) is 43.7 Å². The number of carbonyl (C=O) groups is 1. The topological polar surface area (TPSA) is 94.1 Å². The molecule has 2 heterocycles. The van der Waals surface area contributed by atoms with Crippen LogP contribution in [-0.4, -0.2) is 21.0 Å². The van der Waals surface area contributed by atoms with E-state index in [0.29, 0.717) is 39.8 Å². The number of hydrogen-bond donors (Lipinski definition) is 1. The van der Waals surface area contributed by atoms with Gasteiger partial charge >= 0.3 is 0 Å². The first kappa shape index (κ1) is 19.8. The summed E-state index contributed by atoms with van der Waals surface area (Å²) in [4.78, 5) is 21.7. The van der Waals surface area contributed by atoms with Crippen LogP contribution in [0.25, 0.3) is 22.2 Å².